The first-order valence-corrected chi connectivity index (χ1v) is 7.98. The van der Waals surface area contributed by atoms with E-state index in [2.05, 4.69) is 15.8 Å². The molecule has 142 valence electrons. The number of alkyl halides is 3. The van der Waals surface area contributed by atoms with Gasteiger partial charge in [0.2, 0.25) is 0 Å². The molecule has 2 aromatic heterocycles. The standard InChI is InChI=1S/C18H16F3N3O3/c1-10-16(11(2)27-24-10)15-7-6-14(26-15)9-22-17(25)23-13-5-3-4-12(8-13)18(19,20)21/h3-8H,9H2,1-2H3,(H2,22,23,25). The van der Waals surface area contributed by atoms with E-state index < -0.39 is 17.8 Å². The summed E-state index contributed by atoms with van der Waals surface area (Å²) in [6.45, 7) is 3.61. The predicted octanol–water partition coefficient (Wildman–Crippen LogP) is 4.89. The zero-order valence-electron chi connectivity index (χ0n) is 14.5. The molecule has 0 aliphatic heterocycles. The Morgan fingerprint density at radius 3 is 2.63 bits per heavy atom. The van der Waals surface area contributed by atoms with E-state index in [-0.39, 0.29) is 12.2 Å². The summed E-state index contributed by atoms with van der Waals surface area (Å²) in [6.07, 6.45) is -4.48. The number of anilines is 1. The van der Waals surface area contributed by atoms with Crippen LogP contribution in [0.2, 0.25) is 0 Å². The number of aromatic nitrogens is 1. The highest BCUT2D eigenvalue weighted by Crippen LogP contribution is 2.31. The molecule has 2 amide bonds. The van der Waals surface area contributed by atoms with Gasteiger partial charge in [-0.3, -0.25) is 0 Å². The third kappa shape index (κ3) is 4.30. The Kier molecular flexibility index (Phi) is 4.93. The topological polar surface area (TPSA) is 80.3 Å². The summed E-state index contributed by atoms with van der Waals surface area (Å²) in [5.74, 6) is 1.65. The summed E-state index contributed by atoms with van der Waals surface area (Å²) >= 11 is 0. The number of nitrogens with one attached hydrogen (secondary N) is 2. The zero-order valence-corrected chi connectivity index (χ0v) is 14.5. The molecular weight excluding hydrogens is 363 g/mol. The molecule has 3 rings (SSSR count). The van der Waals surface area contributed by atoms with Gasteiger partial charge in [0.15, 0.2) is 0 Å². The Labute approximate surface area is 152 Å². The van der Waals surface area contributed by atoms with Crippen molar-refractivity contribution in [3.8, 4) is 11.3 Å². The van der Waals surface area contributed by atoms with Crippen LogP contribution >= 0.6 is 0 Å². The van der Waals surface area contributed by atoms with E-state index in [1.807, 2.05) is 0 Å². The molecule has 2 N–H and O–H groups in total. The van der Waals surface area contributed by atoms with Crippen molar-refractivity contribution >= 4 is 11.7 Å². The lowest BCUT2D eigenvalue weighted by Gasteiger charge is -2.10. The van der Waals surface area contributed by atoms with Gasteiger partial charge < -0.3 is 19.6 Å². The molecule has 0 saturated carbocycles. The van der Waals surface area contributed by atoms with Gasteiger partial charge in [0.25, 0.3) is 0 Å². The maximum atomic E-state index is 12.7. The van der Waals surface area contributed by atoms with Gasteiger partial charge in [0, 0.05) is 5.69 Å². The van der Waals surface area contributed by atoms with Crippen LogP contribution in [0.3, 0.4) is 0 Å². The smallest absolute Gasteiger partial charge is 0.416 e. The average molecular weight is 379 g/mol. The maximum Gasteiger partial charge on any atom is 0.416 e. The minimum Gasteiger partial charge on any atom is -0.459 e. The number of hydrogen-bond acceptors (Lipinski definition) is 4. The maximum absolute atomic E-state index is 12.7. The van der Waals surface area contributed by atoms with E-state index in [4.69, 9.17) is 8.94 Å². The molecule has 0 atom stereocenters. The molecule has 0 bridgehead atoms. The Hall–Kier alpha value is -3.23. The lowest BCUT2D eigenvalue weighted by Crippen LogP contribution is -2.28. The summed E-state index contributed by atoms with van der Waals surface area (Å²) < 4.78 is 48.8. The van der Waals surface area contributed by atoms with Crippen LogP contribution in [0, 0.1) is 13.8 Å². The molecule has 0 fully saturated rings. The van der Waals surface area contributed by atoms with Crippen molar-refractivity contribution in [2.45, 2.75) is 26.6 Å². The Balaban J connectivity index is 1.60. The van der Waals surface area contributed by atoms with Gasteiger partial charge >= 0.3 is 12.2 Å². The molecule has 1 aromatic carbocycles. The van der Waals surface area contributed by atoms with Gasteiger partial charge in [-0.2, -0.15) is 13.2 Å². The van der Waals surface area contributed by atoms with Gasteiger partial charge in [0.05, 0.1) is 23.4 Å². The Bertz CT molecular complexity index is 941. The Morgan fingerprint density at radius 2 is 1.96 bits per heavy atom. The zero-order chi connectivity index (χ0) is 19.6. The molecule has 0 aliphatic carbocycles. The van der Waals surface area contributed by atoms with E-state index in [0.717, 1.165) is 17.7 Å². The van der Waals surface area contributed by atoms with Gasteiger partial charge in [-0.15, -0.1) is 0 Å². The number of benzene rings is 1. The van der Waals surface area contributed by atoms with Crippen molar-refractivity contribution in [3.05, 3.63) is 59.2 Å². The van der Waals surface area contributed by atoms with Crippen LogP contribution in [0.15, 0.2) is 45.3 Å². The lowest BCUT2D eigenvalue weighted by molar-refractivity contribution is -0.137. The fourth-order valence-corrected chi connectivity index (χ4v) is 2.56. The van der Waals surface area contributed by atoms with E-state index in [0.29, 0.717) is 23.0 Å². The SMILES string of the molecule is Cc1noc(C)c1-c1ccc(CNC(=O)Nc2cccc(C(F)(F)F)c2)o1. The van der Waals surface area contributed by atoms with E-state index in [9.17, 15) is 18.0 Å². The largest absolute Gasteiger partial charge is 0.459 e. The van der Waals surface area contributed by atoms with Crippen molar-refractivity contribution in [1.82, 2.24) is 10.5 Å². The van der Waals surface area contributed by atoms with Gasteiger partial charge in [-0.25, -0.2) is 4.79 Å². The average Bonchev–Trinajstić information content (AvgIpc) is 3.19. The summed E-state index contributed by atoms with van der Waals surface area (Å²) in [4.78, 5) is 11.9. The molecule has 3 aromatic rings. The third-order valence-corrected chi connectivity index (χ3v) is 3.81. The molecule has 0 aliphatic rings. The van der Waals surface area contributed by atoms with Crippen LogP contribution < -0.4 is 10.6 Å². The van der Waals surface area contributed by atoms with Crippen LogP contribution in [0.25, 0.3) is 11.3 Å². The molecule has 6 nitrogen and oxygen atoms in total. The van der Waals surface area contributed by atoms with Crippen LogP contribution in [0.4, 0.5) is 23.7 Å². The molecule has 0 radical (unpaired) electrons. The first-order valence-electron chi connectivity index (χ1n) is 7.98. The normalized spacial score (nSPS) is 11.4. The Morgan fingerprint density at radius 1 is 1.19 bits per heavy atom. The fraction of sp³-hybridized carbons (Fsp3) is 0.222. The molecular formula is C18H16F3N3O3. The quantitative estimate of drug-likeness (QED) is 0.676. The van der Waals surface area contributed by atoms with E-state index >= 15 is 0 Å². The highest BCUT2D eigenvalue weighted by atomic mass is 19.4. The monoisotopic (exact) mass is 379 g/mol. The van der Waals surface area contributed by atoms with Crippen molar-refractivity contribution < 1.29 is 26.9 Å². The summed E-state index contributed by atoms with van der Waals surface area (Å²) in [5.41, 5.74) is 0.631. The van der Waals surface area contributed by atoms with E-state index in [1.165, 1.54) is 12.1 Å². The van der Waals surface area contributed by atoms with Crippen LogP contribution in [0.1, 0.15) is 22.8 Å². The number of hydrogen-bond donors (Lipinski definition) is 2. The van der Waals surface area contributed by atoms with Gasteiger partial charge in [-0.05, 0) is 44.2 Å². The second-order valence-corrected chi connectivity index (χ2v) is 5.85. The number of furan rings is 1. The van der Waals surface area contributed by atoms with Gasteiger partial charge in [-0.1, -0.05) is 11.2 Å². The van der Waals surface area contributed by atoms with Gasteiger partial charge in [0.1, 0.15) is 17.3 Å². The van der Waals surface area contributed by atoms with Crippen molar-refractivity contribution in [2.24, 2.45) is 0 Å². The highest BCUT2D eigenvalue weighted by molar-refractivity contribution is 5.89. The molecule has 0 saturated heterocycles. The summed E-state index contributed by atoms with van der Waals surface area (Å²) in [5, 5.41) is 8.74. The fourth-order valence-electron chi connectivity index (χ4n) is 2.56. The number of halogens is 3. The molecule has 0 spiro atoms. The second kappa shape index (κ2) is 7.18. The molecule has 2 heterocycles. The minimum atomic E-state index is -4.48. The number of nitrogens with zero attached hydrogens (tertiary/aromatic N) is 1. The number of amides is 2. The second-order valence-electron chi connectivity index (χ2n) is 5.85. The third-order valence-electron chi connectivity index (χ3n) is 3.81. The summed E-state index contributed by atoms with van der Waals surface area (Å²) in [7, 11) is 0. The van der Waals surface area contributed by atoms with E-state index in [1.54, 1.807) is 26.0 Å². The molecule has 9 heteroatoms. The number of urea groups is 1. The minimum absolute atomic E-state index is 0.0400. The highest BCUT2D eigenvalue weighted by Gasteiger charge is 2.30. The van der Waals surface area contributed by atoms with Crippen molar-refractivity contribution in [1.29, 1.82) is 0 Å². The lowest BCUT2D eigenvalue weighted by atomic mass is 10.1. The molecule has 0 unspecified atom stereocenters. The first kappa shape index (κ1) is 18.6. The van der Waals surface area contributed by atoms with Crippen molar-refractivity contribution in [2.75, 3.05) is 5.32 Å². The number of aryl methyl sites for hydroxylation is 2. The van der Waals surface area contributed by atoms with Crippen LogP contribution in [0.5, 0.6) is 0 Å². The predicted molar refractivity (Wildman–Crippen MR) is 91.0 cm³/mol. The van der Waals surface area contributed by atoms with Crippen molar-refractivity contribution in [3.63, 3.8) is 0 Å². The number of carbonyl (C=O) groups is 1. The first-order chi connectivity index (χ1) is 12.7. The number of carbonyl (C=O) groups excluding carboxylic acids is 1. The summed E-state index contributed by atoms with van der Waals surface area (Å²) in [6, 6.07) is 7.16. The molecule has 27 heavy (non-hydrogen) atoms. The van der Waals surface area contributed by atoms with Crippen LogP contribution in [-0.2, 0) is 12.7 Å². The number of rotatable bonds is 4. The van der Waals surface area contributed by atoms with Crippen LogP contribution in [-0.4, -0.2) is 11.2 Å².